The first kappa shape index (κ1) is 26.6. The Labute approximate surface area is 212 Å². The maximum atomic E-state index is 13.8. The van der Waals surface area contributed by atoms with E-state index in [0.29, 0.717) is 16.5 Å². The van der Waals surface area contributed by atoms with Crippen molar-refractivity contribution in [3.8, 4) is 0 Å². The third-order valence-corrected chi connectivity index (χ3v) is 7.49. The molecule has 0 bridgehead atoms. The van der Waals surface area contributed by atoms with Crippen LogP contribution in [0.4, 0.5) is 11.8 Å². The third-order valence-electron chi connectivity index (χ3n) is 5.27. The summed E-state index contributed by atoms with van der Waals surface area (Å²) in [5.41, 5.74) is 6.48. The molecule has 37 heavy (non-hydrogen) atoms. The van der Waals surface area contributed by atoms with Crippen LogP contribution in [0.2, 0.25) is 0 Å². The van der Waals surface area contributed by atoms with E-state index in [-0.39, 0.29) is 37.5 Å². The molecule has 3 aromatic rings. The molecule has 1 fully saturated rings. The summed E-state index contributed by atoms with van der Waals surface area (Å²) in [4.78, 5) is 36.2. The Morgan fingerprint density at radius 1 is 1.30 bits per heavy atom. The molecule has 4 rings (SSSR count). The summed E-state index contributed by atoms with van der Waals surface area (Å²) in [5.74, 6) is -0.761. The molecule has 2 aromatic heterocycles. The zero-order chi connectivity index (χ0) is 26.6. The minimum Gasteiger partial charge on any atom is -0.465 e. The second-order valence-corrected chi connectivity index (χ2v) is 10.2. The highest BCUT2D eigenvalue weighted by molar-refractivity contribution is 7.65. The second kappa shape index (κ2) is 11.3. The molecule has 0 radical (unpaired) electrons. The average molecular weight is 533 g/mol. The van der Waals surface area contributed by atoms with Gasteiger partial charge in [0, 0.05) is 6.92 Å². The van der Waals surface area contributed by atoms with Gasteiger partial charge in [0.15, 0.2) is 29.5 Å². The van der Waals surface area contributed by atoms with E-state index in [1.807, 2.05) is 0 Å². The van der Waals surface area contributed by atoms with Gasteiger partial charge >= 0.3 is 13.5 Å². The van der Waals surface area contributed by atoms with Crippen LogP contribution in [-0.2, 0) is 32.9 Å². The Hall–Kier alpha value is -3.42. The predicted molar refractivity (Wildman–Crippen MR) is 133 cm³/mol. The first-order chi connectivity index (χ1) is 17.7. The van der Waals surface area contributed by atoms with Crippen LogP contribution in [0, 0.1) is 0 Å². The fraction of sp³-hybridized carbons (Fsp3) is 0.409. The molecule has 15 heteroatoms. The van der Waals surface area contributed by atoms with Crippen LogP contribution in [0.3, 0.4) is 0 Å². The molecule has 0 spiro atoms. The van der Waals surface area contributed by atoms with Gasteiger partial charge in [-0.25, -0.2) is 10.1 Å². The zero-order valence-corrected chi connectivity index (χ0v) is 21.4. The molecule has 1 aromatic carbocycles. The Balaban J connectivity index is 1.48. The molecule has 14 nitrogen and oxygen atoms in total. The lowest BCUT2D eigenvalue weighted by molar-refractivity contribution is -0.144. The van der Waals surface area contributed by atoms with Gasteiger partial charge in [-0.1, -0.05) is 18.2 Å². The van der Waals surface area contributed by atoms with E-state index in [1.54, 1.807) is 48.7 Å². The second-order valence-electron chi connectivity index (χ2n) is 8.07. The molecule has 1 aliphatic rings. The molecule has 1 saturated heterocycles. The molecule has 198 valence electrons. The number of carbonyl (C=O) groups is 2. The number of aromatic nitrogens is 4. The number of nitrogen functional groups attached to an aromatic ring is 1. The van der Waals surface area contributed by atoms with Crippen molar-refractivity contribution in [1.29, 1.82) is 0 Å². The number of nitrogens with zero attached hydrogens (tertiary/aromatic N) is 4. The highest BCUT2D eigenvalue weighted by Crippen LogP contribution is 2.42. The van der Waals surface area contributed by atoms with Gasteiger partial charge in [0.05, 0.1) is 24.8 Å². The fourth-order valence-corrected chi connectivity index (χ4v) is 5.51. The van der Waals surface area contributed by atoms with Gasteiger partial charge in [-0.15, -0.1) is 0 Å². The number of amides is 1. The van der Waals surface area contributed by atoms with E-state index in [9.17, 15) is 14.2 Å². The summed E-state index contributed by atoms with van der Waals surface area (Å²) >= 11 is 0. The summed E-state index contributed by atoms with van der Waals surface area (Å²) in [6.07, 6.45) is -0.0625. The van der Waals surface area contributed by atoms with E-state index in [1.165, 1.54) is 13.3 Å². The molecule has 1 unspecified atom stereocenters. The minimum atomic E-state index is -3.71. The van der Waals surface area contributed by atoms with Crippen molar-refractivity contribution >= 4 is 47.6 Å². The first-order valence-electron chi connectivity index (χ1n) is 11.5. The predicted octanol–water partition coefficient (Wildman–Crippen LogP) is 1.31. The maximum absolute atomic E-state index is 13.8. The van der Waals surface area contributed by atoms with E-state index < -0.39 is 32.0 Å². The Bertz CT molecular complexity index is 1320. The van der Waals surface area contributed by atoms with Crippen molar-refractivity contribution in [1.82, 2.24) is 24.6 Å². The number of esters is 1. The van der Waals surface area contributed by atoms with Crippen molar-refractivity contribution in [3.05, 3.63) is 36.7 Å². The quantitative estimate of drug-likeness (QED) is 0.251. The van der Waals surface area contributed by atoms with E-state index in [4.69, 9.17) is 24.5 Å². The van der Waals surface area contributed by atoms with Gasteiger partial charge in [-0.3, -0.25) is 18.7 Å². The van der Waals surface area contributed by atoms with Crippen LogP contribution in [0.15, 0.2) is 36.7 Å². The van der Waals surface area contributed by atoms with Crippen molar-refractivity contribution in [3.63, 3.8) is 0 Å². The molecule has 3 heterocycles. The smallest absolute Gasteiger partial charge is 0.323 e. The lowest BCUT2D eigenvalue weighted by atomic mass is 10.4. The molecule has 4 N–H and O–H groups in total. The van der Waals surface area contributed by atoms with Gasteiger partial charge in [0.25, 0.3) is 0 Å². The molecule has 4 atom stereocenters. The van der Waals surface area contributed by atoms with E-state index in [2.05, 4.69) is 25.4 Å². The van der Waals surface area contributed by atoms with E-state index >= 15 is 0 Å². The number of imidazole rings is 1. The number of nitrogens with one attached hydrogen (secondary N) is 2. The maximum Gasteiger partial charge on any atom is 0.323 e. The Kier molecular flexibility index (Phi) is 8.15. The number of hydrogen-bond donors (Lipinski definition) is 3. The lowest BCUT2D eigenvalue weighted by Gasteiger charge is -2.24. The summed E-state index contributed by atoms with van der Waals surface area (Å²) < 4.78 is 37.9. The summed E-state index contributed by atoms with van der Waals surface area (Å²) in [7, 11) is -3.71. The number of anilines is 2. The van der Waals surface area contributed by atoms with Gasteiger partial charge in [0.2, 0.25) is 11.9 Å². The summed E-state index contributed by atoms with van der Waals surface area (Å²) in [5, 5.41) is 5.73. The third kappa shape index (κ3) is 6.12. The molecular weight excluding hydrogens is 505 g/mol. The highest BCUT2D eigenvalue weighted by Gasteiger charge is 2.35. The SMILES string of the molecule is CCOC(=O)[C@H](C)NP(=O)(OC[C@@H]1OC[C@H](n2cnc3c(NC(C)=O)nc(N)nc32)O1)c1ccccc1. The molecular formula is C22H28N7O7P. The van der Waals surface area contributed by atoms with Gasteiger partial charge in [0.1, 0.15) is 12.6 Å². The van der Waals surface area contributed by atoms with Crippen LogP contribution in [0.5, 0.6) is 0 Å². The number of rotatable bonds is 10. The fourth-order valence-electron chi connectivity index (χ4n) is 3.63. The van der Waals surface area contributed by atoms with Gasteiger partial charge in [-0.05, 0) is 26.0 Å². The van der Waals surface area contributed by atoms with Gasteiger partial charge < -0.3 is 29.8 Å². The van der Waals surface area contributed by atoms with Crippen LogP contribution in [-0.4, -0.2) is 63.5 Å². The first-order valence-corrected chi connectivity index (χ1v) is 13.1. The van der Waals surface area contributed by atoms with Crippen LogP contribution < -0.4 is 21.4 Å². The number of nitrogens with two attached hydrogens (primary N) is 1. The largest absolute Gasteiger partial charge is 0.465 e. The van der Waals surface area contributed by atoms with Crippen molar-refractivity contribution in [2.45, 2.75) is 39.3 Å². The van der Waals surface area contributed by atoms with E-state index in [0.717, 1.165) is 0 Å². The highest BCUT2D eigenvalue weighted by atomic mass is 31.2. The monoisotopic (exact) mass is 533 g/mol. The van der Waals surface area contributed by atoms with Crippen molar-refractivity contribution < 1.29 is 32.9 Å². The number of benzene rings is 1. The number of ether oxygens (including phenoxy) is 3. The van der Waals surface area contributed by atoms with Gasteiger partial charge in [-0.2, -0.15) is 9.97 Å². The zero-order valence-electron chi connectivity index (χ0n) is 20.5. The molecule has 0 saturated carbocycles. The van der Waals surface area contributed by atoms with Crippen molar-refractivity contribution in [2.24, 2.45) is 0 Å². The van der Waals surface area contributed by atoms with Crippen LogP contribution >= 0.6 is 7.52 Å². The topological polar surface area (TPSA) is 182 Å². The Morgan fingerprint density at radius 3 is 2.76 bits per heavy atom. The Morgan fingerprint density at radius 2 is 2.05 bits per heavy atom. The number of hydrogen-bond acceptors (Lipinski definition) is 11. The normalized spacial score (nSPS) is 19.9. The van der Waals surface area contributed by atoms with Crippen molar-refractivity contribution in [2.75, 3.05) is 30.9 Å². The lowest BCUT2D eigenvalue weighted by Crippen LogP contribution is -2.37. The molecule has 0 aliphatic carbocycles. The molecule has 1 amide bonds. The van der Waals surface area contributed by atoms with Crippen LogP contribution in [0.1, 0.15) is 27.0 Å². The summed E-state index contributed by atoms with van der Waals surface area (Å²) in [6.45, 7) is 4.68. The van der Waals surface area contributed by atoms with Crippen LogP contribution in [0.25, 0.3) is 11.2 Å². The summed E-state index contributed by atoms with van der Waals surface area (Å²) in [6, 6.07) is 7.60. The molecule has 1 aliphatic heterocycles. The average Bonchev–Trinajstić information content (AvgIpc) is 3.50. The number of fused-ring (bicyclic) bond motifs is 1. The minimum absolute atomic E-state index is 0.0533. The standard InChI is InChI=1S/C22H28N7O7P/c1-4-33-21(31)13(2)28-37(32,15-8-6-5-7-9-15)35-11-17-34-10-16(36-17)29-12-24-18-19(25-14(3)30)26-22(23)27-20(18)29/h5-9,12-13,16-17H,4,10-11H2,1-3H3,(H,28,32)(H3,23,25,26,27,30)/t13-,16+,17+,37?/m0/s1. The number of carbonyl (C=O) groups excluding carboxylic acids is 2.